The van der Waals surface area contributed by atoms with Crippen LogP contribution < -0.4 is 5.73 Å². The van der Waals surface area contributed by atoms with E-state index in [1.54, 1.807) is 13.3 Å². The molecule has 1 aliphatic rings. The minimum atomic E-state index is -0.0762. The van der Waals surface area contributed by atoms with E-state index in [-0.39, 0.29) is 5.60 Å². The van der Waals surface area contributed by atoms with Gasteiger partial charge in [0.05, 0.1) is 12.1 Å². The predicted octanol–water partition coefficient (Wildman–Crippen LogP) is 1.89. The summed E-state index contributed by atoms with van der Waals surface area (Å²) < 4.78 is 7.63. The average Bonchev–Trinajstić information content (AvgIpc) is 2.62. The number of imidazole rings is 1. The number of nitrogens with two attached hydrogens (primary N) is 1. The average molecular weight is 246 g/mol. The molecule has 0 radical (unpaired) electrons. The number of hydrogen-bond donors (Lipinski definition) is 1. The SMILES string of the molecule is COC1(Cn2c(N)nc3c(C)ccnc32)CCC1. The maximum absolute atomic E-state index is 6.02. The van der Waals surface area contributed by atoms with Gasteiger partial charge in [-0.1, -0.05) is 0 Å². The summed E-state index contributed by atoms with van der Waals surface area (Å²) in [6.45, 7) is 2.76. The highest BCUT2D eigenvalue weighted by atomic mass is 16.5. The minimum Gasteiger partial charge on any atom is -0.376 e. The van der Waals surface area contributed by atoms with Crippen LogP contribution in [0.4, 0.5) is 5.95 Å². The van der Waals surface area contributed by atoms with Crippen molar-refractivity contribution in [3.63, 3.8) is 0 Å². The fourth-order valence-electron chi connectivity index (χ4n) is 2.60. The summed E-state index contributed by atoms with van der Waals surface area (Å²) in [5.74, 6) is 0.523. The number of pyridine rings is 1. The standard InChI is InChI=1S/C13H18N4O/c1-9-4-7-15-11-10(9)16-12(14)17(11)8-13(18-2)5-3-6-13/h4,7H,3,5-6,8H2,1-2H3,(H2,14,16). The van der Waals surface area contributed by atoms with Gasteiger partial charge in [-0.2, -0.15) is 0 Å². The van der Waals surface area contributed by atoms with Gasteiger partial charge in [-0.05, 0) is 37.8 Å². The van der Waals surface area contributed by atoms with Gasteiger partial charge >= 0.3 is 0 Å². The second-order valence-electron chi connectivity index (χ2n) is 5.10. The lowest BCUT2D eigenvalue weighted by Crippen LogP contribution is -2.43. The zero-order valence-corrected chi connectivity index (χ0v) is 10.8. The van der Waals surface area contributed by atoms with Crippen molar-refractivity contribution in [3.8, 4) is 0 Å². The largest absolute Gasteiger partial charge is 0.376 e. The van der Waals surface area contributed by atoms with Crippen molar-refractivity contribution in [2.24, 2.45) is 0 Å². The summed E-state index contributed by atoms with van der Waals surface area (Å²) in [6, 6.07) is 1.95. The van der Waals surface area contributed by atoms with E-state index in [1.165, 1.54) is 6.42 Å². The first-order valence-corrected chi connectivity index (χ1v) is 6.28. The Morgan fingerprint density at radius 2 is 2.28 bits per heavy atom. The highest BCUT2D eigenvalue weighted by molar-refractivity contribution is 5.77. The molecule has 18 heavy (non-hydrogen) atoms. The number of aromatic nitrogens is 3. The van der Waals surface area contributed by atoms with E-state index in [1.807, 2.05) is 17.6 Å². The van der Waals surface area contributed by atoms with Gasteiger partial charge in [-0.15, -0.1) is 0 Å². The van der Waals surface area contributed by atoms with Gasteiger partial charge in [0.25, 0.3) is 0 Å². The van der Waals surface area contributed by atoms with Gasteiger partial charge in [0.1, 0.15) is 5.52 Å². The third-order valence-corrected chi connectivity index (χ3v) is 4.01. The van der Waals surface area contributed by atoms with Gasteiger partial charge in [-0.25, -0.2) is 9.97 Å². The molecule has 0 spiro atoms. The summed E-state index contributed by atoms with van der Waals surface area (Å²) in [5.41, 5.74) is 8.79. The van der Waals surface area contributed by atoms with E-state index < -0.39 is 0 Å². The van der Waals surface area contributed by atoms with E-state index in [0.717, 1.165) is 36.1 Å². The topological polar surface area (TPSA) is 66.0 Å². The number of methoxy groups -OCH3 is 1. The molecule has 2 N–H and O–H groups in total. The fourth-order valence-corrected chi connectivity index (χ4v) is 2.60. The van der Waals surface area contributed by atoms with E-state index >= 15 is 0 Å². The van der Waals surface area contributed by atoms with Crippen LogP contribution in [0.3, 0.4) is 0 Å². The van der Waals surface area contributed by atoms with Crippen molar-refractivity contribution in [1.29, 1.82) is 0 Å². The Morgan fingerprint density at radius 1 is 1.50 bits per heavy atom. The van der Waals surface area contributed by atoms with Crippen LogP contribution in [0.15, 0.2) is 12.3 Å². The van der Waals surface area contributed by atoms with Gasteiger partial charge in [0.2, 0.25) is 5.95 Å². The van der Waals surface area contributed by atoms with E-state index in [9.17, 15) is 0 Å². The van der Waals surface area contributed by atoms with Gasteiger partial charge in [0.15, 0.2) is 5.65 Å². The Balaban J connectivity index is 2.06. The third-order valence-electron chi connectivity index (χ3n) is 4.01. The Kier molecular flexibility index (Phi) is 2.52. The quantitative estimate of drug-likeness (QED) is 0.898. The lowest BCUT2D eigenvalue weighted by molar-refractivity contribution is -0.0825. The monoisotopic (exact) mass is 246 g/mol. The maximum Gasteiger partial charge on any atom is 0.202 e. The van der Waals surface area contributed by atoms with Crippen LogP contribution in [0.1, 0.15) is 24.8 Å². The first-order valence-electron chi connectivity index (χ1n) is 6.28. The normalized spacial score (nSPS) is 17.9. The van der Waals surface area contributed by atoms with Crippen molar-refractivity contribution in [2.45, 2.75) is 38.3 Å². The minimum absolute atomic E-state index is 0.0762. The maximum atomic E-state index is 6.02. The molecule has 0 unspecified atom stereocenters. The second kappa shape index (κ2) is 3.95. The van der Waals surface area contributed by atoms with Crippen LogP contribution in [0, 0.1) is 6.92 Å². The molecule has 1 aliphatic carbocycles. The lowest BCUT2D eigenvalue weighted by atomic mass is 9.80. The van der Waals surface area contributed by atoms with Crippen molar-refractivity contribution in [1.82, 2.24) is 14.5 Å². The molecular weight excluding hydrogens is 228 g/mol. The summed E-state index contributed by atoms with van der Waals surface area (Å²) in [7, 11) is 1.77. The summed E-state index contributed by atoms with van der Waals surface area (Å²) in [6.07, 6.45) is 5.17. The van der Waals surface area contributed by atoms with E-state index in [4.69, 9.17) is 10.5 Å². The molecule has 3 rings (SSSR count). The molecule has 5 heteroatoms. The summed E-state index contributed by atoms with van der Waals surface area (Å²) >= 11 is 0. The highest BCUT2D eigenvalue weighted by Crippen LogP contribution is 2.37. The number of nitrogen functional groups attached to an aromatic ring is 1. The molecule has 0 atom stereocenters. The van der Waals surface area contributed by atoms with Crippen LogP contribution in [-0.2, 0) is 11.3 Å². The Hall–Kier alpha value is -1.62. The predicted molar refractivity (Wildman–Crippen MR) is 70.3 cm³/mol. The zero-order chi connectivity index (χ0) is 12.8. The molecule has 0 bridgehead atoms. The Morgan fingerprint density at radius 3 is 2.89 bits per heavy atom. The summed E-state index contributed by atoms with van der Waals surface area (Å²) in [4.78, 5) is 8.82. The van der Waals surface area contributed by atoms with E-state index in [2.05, 4.69) is 9.97 Å². The number of rotatable bonds is 3. The summed E-state index contributed by atoms with van der Waals surface area (Å²) in [5, 5.41) is 0. The highest BCUT2D eigenvalue weighted by Gasteiger charge is 2.38. The smallest absolute Gasteiger partial charge is 0.202 e. The molecule has 5 nitrogen and oxygen atoms in total. The molecule has 0 aliphatic heterocycles. The van der Waals surface area contributed by atoms with Crippen LogP contribution >= 0.6 is 0 Å². The van der Waals surface area contributed by atoms with Crippen molar-refractivity contribution in [2.75, 3.05) is 12.8 Å². The molecule has 0 saturated heterocycles. The lowest BCUT2D eigenvalue weighted by Gasteiger charge is -2.40. The molecule has 1 fully saturated rings. The molecule has 2 aromatic heterocycles. The van der Waals surface area contributed by atoms with Gasteiger partial charge in [-0.3, -0.25) is 4.57 Å². The van der Waals surface area contributed by atoms with Crippen LogP contribution in [0.5, 0.6) is 0 Å². The van der Waals surface area contributed by atoms with Gasteiger partial charge < -0.3 is 10.5 Å². The Labute approximate surface area is 106 Å². The van der Waals surface area contributed by atoms with Gasteiger partial charge in [0, 0.05) is 13.3 Å². The molecule has 96 valence electrons. The third kappa shape index (κ3) is 1.58. The van der Waals surface area contributed by atoms with Crippen LogP contribution in [-0.4, -0.2) is 27.2 Å². The van der Waals surface area contributed by atoms with Crippen molar-refractivity contribution in [3.05, 3.63) is 17.8 Å². The first kappa shape index (κ1) is 11.5. The van der Waals surface area contributed by atoms with Crippen LogP contribution in [0.2, 0.25) is 0 Å². The molecular formula is C13H18N4O. The Bertz CT molecular complexity index is 580. The molecule has 2 aromatic rings. The number of ether oxygens (including phenoxy) is 1. The van der Waals surface area contributed by atoms with Crippen molar-refractivity contribution < 1.29 is 4.74 Å². The number of nitrogens with zero attached hydrogens (tertiary/aromatic N) is 3. The number of anilines is 1. The zero-order valence-electron chi connectivity index (χ0n) is 10.8. The number of hydrogen-bond acceptors (Lipinski definition) is 4. The molecule has 0 amide bonds. The number of fused-ring (bicyclic) bond motifs is 1. The first-order chi connectivity index (χ1) is 8.65. The molecule has 0 aromatic carbocycles. The molecule has 1 saturated carbocycles. The second-order valence-corrected chi connectivity index (χ2v) is 5.10. The number of aryl methyl sites for hydroxylation is 1. The van der Waals surface area contributed by atoms with E-state index in [0.29, 0.717) is 5.95 Å². The van der Waals surface area contributed by atoms with Crippen molar-refractivity contribution >= 4 is 17.1 Å². The molecule has 2 heterocycles. The fraction of sp³-hybridized carbons (Fsp3) is 0.538. The van der Waals surface area contributed by atoms with Crippen LogP contribution in [0.25, 0.3) is 11.2 Å².